The van der Waals surface area contributed by atoms with Crippen molar-refractivity contribution in [2.75, 3.05) is 26.2 Å². The summed E-state index contributed by atoms with van der Waals surface area (Å²) in [6.07, 6.45) is 27.5. The monoisotopic (exact) mass is 699 g/mol. The minimum atomic E-state index is -0.676. The third kappa shape index (κ3) is 8.32. The minimum Gasteiger partial charge on any atom is -0.358 e. The fourth-order valence-corrected chi connectivity index (χ4v) is 7.91. The van der Waals surface area contributed by atoms with E-state index < -0.39 is 6.04 Å². The van der Waals surface area contributed by atoms with Gasteiger partial charge in [-0.25, -0.2) is 4.98 Å². The summed E-state index contributed by atoms with van der Waals surface area (Å²) in [5, 5.41) is 3.67. The molecule has 1 fully saturated rings. The summed E-state index contributed by atoms with van der Waals surface area (Å²) in [6.45, 7) is 5.22. The Morgan fingerprint density at radius 1 is 1.08 bits per heavy atom. The van der Waals surface area contributed by atoms with Crippen molar-refractivity contribution >= 4 is 23.0 Å². The van der Waals surface area contributed by atoms with E-state index in [2.05, 4.69) is 81.8 Å². The molecule has 1 aromatic carbocycles. The van der Waals surface area contributed by atoms with Gasteiger partial charge in [0.25, 0.3) is 0 Å². The Kier molecular flexibility index (Phi) is 11.5. The van der Waals surface area contributed by atoms with Crippen LogP contribution in [0.2, 0.25) is 0 Å². The molecule has 52 heavy (non-hydrogen) atoms. The fourth-order valence-electron chi connectivity index (χ4n) is 7.91. The summed E-state index contributed by atoms with van der Waals surface area (Å²) in [4.78, 5) is 42.5. The number of H-pyrrole nitrogens is 2. The second-order valence-corrected chi connectivity index (χ2v) is 14.6. The number of benzene rings is 1. The molecule has 4 unspecified atom stereocenters. The number of amides is 2. The summed E-state index contributed by atoms with van der Waals surface area (Å²) >= 11 is 0. The van der Waals surface area contributed by atoms with Crippen LogP contribution in [0.3, 0.4) is 0 Å². The molecule has 3 aromatic rings. The zero-order valence-electron chi connectivity index (χ0n) is 30.4. The second-order valence-electron chi connectivity index (χ2n) is 14.6. The minimum absolute atomic E-state index is 0.0527. The van der Waals surface area contributed by atoms with Crippen LogP contribution < -0.4 is 11.1 Å². The van der Waals surface area contributed by atoms with Crippen molar-refractivity contribution in [1.82, 2.24) is 30.1 Å². The molecule has 0 spiro atoms. The first-order valence-electron chi connectivity index (χ1n) is 19.3. The van der Waals surface area contributed by atoms with Gasteiger partial charge in [-0.15, -0.1) is 0 Å². The van der Waals surface area contributed by atoms with E-state index in [1.165, 1.54) is 22.4 Å². The molecular formula is C43H53N7O2. The predicted octanol–water partition coefficient (Wildman–Crippen LogP) is 6.74. The average Bonchev–Trinajstić information content (AvgIpc) is 3.96. The number of carbonyl (C=O) groups excluding carboxylic acids is 2. The Hall–Kier alpha value is -4.73. The third-order valence-corrected chi connectivity index (χ3v) is 11.0. The highest BCUT2D eigenvalue weighted by Crippen LogP contribution is 2.35. The Labute approximate surface area is 307 Å². The number of fused-ring (bicyclic) bond motifs is 1. The van der Waals surface area contributed by atoms with Gasteiger partial charge >= 0.3 is 0 Å². The first-order valence-corrected chi connectivity index (χ1v) is 19.3. The number of aromatic nitrogens is 3. The number of nitrogens with one attached hydrogen (secondary N) is 3. The molecule has 5 N–H and O–H groups in total. The Balaban J connectivity index is 0.910. The summed E-state index contributed by atoms with van der Waals surface area (Å²) in [5.41, 5.74) is 14.4. The number of likely N-dealkylation sites (tertiary alicyclic amines) is 1. The molecule has 0 radical (unpaired) electrons. The number of aromatic amines is 2. The van der Waals surface area contributed by atoms with Gasteiger partial charge in [0.2, 0.25) is 11.8 Å². The lowest BCUT2D eigenvalue weighted by Gasteiger charge is -2.26. The lowest BCUT2D eigenvalue weighted by Crippen LogP contribution is -2.40. The normalized spacial score (nSPS) is 21.5. The quantitative estimate of drug-likeness (QED) is 0.149. The Morgan fingerprint density at radius 3 is 2.75 bits per heavy atom. The van der Waals surface area contributed by atoms with E-state index in [1.807, 2.05) is 41.4 Å². The fraction of sp³-hybridized carbons (Fsp3) is 0.419. The number of allylic oxidation sites excluding steroid dienone is 8. The maximum absolute atomic E-state index is 13.4. The molecule has 4 aliphatic rings. The number of rotatable bonds is 14. The molecule has 272 valence electrons. The van der Waals surface area contributed by atoms with Crippen LogP contribution in [0, 0.1) is 5.92 Å². The molecule has 2 aromatic heterocycles. The van der Waals surface area contributed by atoms with Crippen molar-refractivity contribution in [3.05, 3.63) is 125 Å². The first-order chi connectivity index (χ1) is 25.5. The van der Waals surface area contributed by atoms with Gasteiger partial charge in [-0.3, -0.25) is 9.59 Å². The maximum Gasteiger partial charge on any atom is 0.244 e. The molecule has 0 bridgehead atoms. The van der Waals surface area contributed by atoms with Crippen molar-refractivity contribution in [3.63, 3.8) is 0 Å². The second kappa shape index (κ2) is 16.7. The number of hydrogen-bond acceptors (Lipinski definition) is 5. The summed E-state index contributed by atoms with van der Waals surface area (Å²) in [5.74, 6) is 1.36. The molecule has 9 nitrogen and oxygen atoms in total. The molecular weight excluding hydrogens is 647 g/mol. The van der Waals surface area contributed by atoms with Crippen LogP contribution in [0.5, 0.6) is 0 Å². The van der Waals surface area contributed by atoms with Crippen molar-refractivity contribution in [1.29, 1.82) is 0 Å². The standard InChI is InChI=1S/C43H53N7O2/c1-2-3-23-49(40(51)26-30-11-6-4-7-12-30)25-22-45-35-19-16-31(17-20-35)37-28-34-27-33(18-21-36(34)47-37)38-29-46-42(48-38)39-15-10-24-50(39)43(52)41(44)32-13-8-5-9-14-32/h4-9,11,13-14,16-19,28-30,35,39,41,45,47H,2-3,10,12,15,20-27,44H2,1H3,(H,46,48). The van der Waals surface area contributed by atoms with Gasteiger partial charge in [-0.05, 0) is 66.4 Å². The van der Waals surface area contributed by atoms with Crippen molar-refractivity contribution in [2.45, 2.75) is 82.8 Å². The van der Waals surface area contributed by atoms with E-state index in [1.54, 1.807) is 0 Å². The van der Waals surface area contributed by atoms with Gasteiger partial charge < -0.3 is 30.8 Å². The molecule has 1 aliphatic heterocycles. The van der Waals surface area contributed by atoms with E-state index in [4.69, 9.17) is 10.7 Å². The molecule has 3 aliphatic carbocycles. The van der Waals surface area contributed by atoms with Gasteiger partial charge in [-0.2, -0.15) is 0 Å². The zero-order valence-corrected chi connectivity index (χ0v) is 30.4. The van der Waals surface area contributed by atoms with Gasteiger partial charge in [0.1, 0.15) is 11.9 Å². The lowest BCUT2D eigenvalue weighted by atomic mass is 9.94. The summed E-state index contributed by atoms with van der Waals surface area (Å²) in [6, 6.07) is 11.4. The van der Waals surface area contributed by atoms with E-state index in [-0.39, 0.29) is 23.9 Å². The van der Waals surface area contributed by atoms with Crippen LogP contribution in [0.25, 0.3) is 11.1 Å². The lowest BCUT2D eigenvalue weighted by molar-refractivity contribution is -0.134. The molecule has 1 saturated heterocycles. The van der Waals surface area contributed by atoms with Crippen LogP contribution in [0.15, 0.2) is 91.2 Å². The number of nitrogens with zero attached hydrogens (tertiary/aromatic N) is 3. The summed E-state index contributed by atoms with van der Waals surface area (Å²) in [7, 11) is 0. The third-order valence-electron chi connectivity index (χ3n) is 11.0. The van der Waals surface area contributed by atoms with E-state index >= 15 is 0 Å². The smallest absolute Gasteiger partial charge is 0.244 e. The number of hydrogen-bond donors (Lipinski definition) is 4. The number of nitrogens with two attached hydrogens (primary N) is 1. The largest absolute Gasteiger partial charge is 0.358 e. The predicted molar refractivity (Wildman–Crippen MR) is 208 cm³/mol. The van der Waals surface area contributed by atoms with Crippen molar-refractivity contribution in [2.24, 2.45) is 11.7 Å². The van der Waals surface area contributed by atoms with Gasteiger partial charge in [0, 0.05) is 62.9 Å². The van der Waals surface area contributed by atoms with E-state index in [9.17, 15) is 9.59 Å². The zero-order chi connectivity index (χ0) is 35.9. The van der Waals surface area contributed by atoms with Crippen molar-refractivity contribution in [3.8, 4) is 0 Å². The summed E-state index contributed by atoms with van der Waals surface area (Å²) < 4.78 is 0. The van der Waals surface area contributed by atoms with Crippen molar-refractivity contribution < 1.29 is 9.59 Å². The van der Waals surface area contributed by atoms with Crippen LogP contribution in [-0.4, -0.2) is 68.8 Å². The maximum atomic E-state index is 13.4. The highest BCUT2D eigenvalue weighted by Gasteiger charge is 2.35. The molecule has 0 saturated carbocycles. The first kappa shape index (κ1) is 35.7. The van der Waals surface area contributed by atoms with Crippen LogP contribution in [0.4, 0.5) is 0 Å². The van der Waals surface area contributed by atoms with Gasteiger partial charge in [0.15, 0.2) is 0 Å². The number of imidazole rings is 1. The Morgan fingerprint density at radius 2 is 1.96 bits per heavy atom. The SMILES string of the molecule is CCCCN(CCNC1C=CC(c2cc3c([nH]2)CC=C(c2cnc(C4CCCN4C(=O)C(N)c4ccccc4)[nH]2)C3)=CC1)C(=O)CC1C=CC=CC1. The van der Waals surface area contributed by atoms with E-state index in [0.29, 0.717) is 18.9 Å². The number of unbranched alkanes of at least 4 members (excludes halogenated alkanes) is 1. The molecule has 7 rings (SSSR count). The highest BCUT2D eigenvalue weighted by atomic mass is 16.2. The van der Waals surface area contributed by atoms with E-state index in [0.717, 1.165) is 93.8 Å². The highest BCUT2D eigenvalue weighted by molar-refractivity contribution is 5.84. The molecule has 4 atom stereocenters. The van der Waals surface area contributed by atoms with Crippen LogP contribution >= 0.6 is 0 Å². The average molecular weight is 700 g/mol. The molecule has 3 heterocycles. The van der Waals surface area contributed by atoms with Crippen LogP contribution in [-0.2, 0) is 22.4 Å². The molecule has 2 amide bonds. The van der Waals surface area contributed by atoms with Crippen LogP contribution in [0.1, 0.15) is 98.0 Å². The number of carbonyl (C=O) groups is 2. The topological polar surface area (TPSA) is 123 Å². The van der Waals surface area contributed by atoms with Gasteiger partial charge in [-0.1, -0.05) is 92.3 Å². The molecule has 9 heteroatoms. The Bertz CT molecular complexity index is 1860. The van der Waals surface area contributed by atoms with Gasteiger partial charge in [0.05, 0.1) is 17.9 Å².